The molecule has 0 unspecified atom stereocenters. The second-order valence-electron chi connectivity index (χ2n) is 7.29. The van der Waals surface area contributed by atoms with Crippen molar-refractivity contribution in [3.8, 4) is 11.5 Å². The third-order valence-corrected chi connectivity index (χ3v) is 8.26. The molecule has 1 amide bonds. The quantitative estimate of drug-likeness (QED) is 0.185. The van der Waals surface area contributed by atoms with E-state index in [-0.39, 0.29) is 5.91 Å². The van der Waals surface area contributed by atoms with Gasteiger partial charge in [-0.05, 0) is 98.5 Å². The SMILES string of the molecule is CCOc1cc(/C=C2/SC(=S)N(c3ccc(Br)c(Cl)c3)C2=O)cc(Br)c1OCc1ccc(Cl)cc1. The molecule has 0 atom stereocenters. The molecule has 0 aromatic heterocycles. The largest absolute Gasteiger partial charge is 0.490 e. The monoisotopic (exact) mass is 671 g/mol. The van der Waals surface area contributed by atoms with Crippen molar-refractivity contribution in [3.05, 3.63) is 89.6 Å². The smallest absolute Gasteiger partial charge is 0.270 e. The molecule has 1 aliphatic rings. The highest BCUT2D eigenvalue weighted by molar-refractivity contribution is 9.10. The molecule has 4 rings (SSSR count). The maximum absolute atomic E-state index is 13.2. The molecular weight excluding hydrogens is 657 g/mol. The Morgan fingerprint density at radius 1 is 1.03 bits per heavy atom. The van der Waals surface area contributed by atoms with Crippen LogP contribution in [0.3, 0.4) is 0 Å². The highest BCUT2D eigenvalue weighted by atomic mass is 79.9. The van der Waals surface area contributed by atoms with E-state index in [1.54, 1.807) is 24.3 Å². The van der Waals surface area contributed by atoms with E-state index in [1.165, 1.54) is 16.7 Å². The van der Waals surface area contributed by atoms with Crippen molar-refractivity contribution < 1.29 is 14.3 Å². The van der Waals surface area contributed by atoms with Gasteiger partial charge in [-0.2, -0.15) is 0 Å². The van der Waals surface area contributed by atoms with Crippen LogP contribution in [0, 0.1) is 0 Å². The molecular formula is C25H17Br2Cl2NO3S2. The zero-order valence-electron chi connectivity index (χ0n) is 18.2. The molecule has 0 N–H and O–H groups in total. The molecule has 10 heteroatoms. The number of thiocarbonyl (C=S) groups is 1. The molecule has 0 aliphatic carbocycles. The predicted molar refractivity (Wildman–Crippen MR) is 156 cm³/mol. The Kier molecular flexibility index (Phi) is 8.84. The van der Waals surface area contributed by atoms with Crippen molar-refractivity contribution in [2.45, 2.75) is 13.5 Å². The number of halogens is 4. The van der Waals surface area contributed by atoms with E-state index in [9.17, 15) is 4.79 Å². The Morgan fingerprint density at radius 2 is 1.77 bits per heavy atom. The van der Waals surface area contributed by atoms with Crippen molar-refractivity contribution in [2.24, 2.45) is 0 Å². The molecule has 0 spiro atoms. The summed E-state index contributed by atoms with van der Waals surface area (Å²) in [5.41, 5.74) is 2.37. The number of amides is 1. The number of rotatable bonds is 7. The van der Waals surface area contributed by atoms with Gasteiger partial charge in [0.15, 0.2) is 15.8 Å². The first-order chi connectivity index (χ1) is 16.8. The predicted octanol–water partition coefficient (Wildman–Crippen LogP) is 8.90. The Labute approximate surface area is 239 Å². The van der Waals surface area contributed by atoms with Gasteiger partial charge in [0, 0.05) is 9.50 Å². The fourth-order valence-electron chi connectivity index (χ4n) is 3.28. The molecule has 1 aliphatic heterocycles. The van der Waals surface area contributed by atoms with Crippen molar-refractivity contribution in [3.63, 3.8) is 0 Å². The molecule has 4 nitrogen and oxygen atoms in total. The summed E-state index contributed by atoms with van der Waals surface area (Å²) >= 11 is 25.9. The van der Waals surface area contributed by atoms with Gasteiger partial charge in [-0.1, -0.05) is 59.3 Å². The second kappa shape index (κ2) is 11.7. The van der Waals surface area contributed by atoms with Crippen LogP contribution in [0.4, 0.5) is 5.69 Å². The van der Waals surface area contributed by atoms with Crippen LogP contribution in [-0.2, 0) is 11.4 Å². The van der Waals surface area contributed by atoms with E-state index in [2.05, 4.69) is 31.9 Å². The summed E-state index contributed by atoms with van der Waals surface area (Å²) < 4.78 is 13.8. The van der Waals surface area contributed by atoms with Crippen LogP contribution >= 0.6 is 79.0 Å². The van der Waals surface area contributed by atoms with Crippen molar-refractivity contribution in [1.82, 2.24) is 0 Å². The molecule has 0 saturated carbocycles. The molecule has 1 heterocycles. The Balaban J connectivity index is 1.60. The highest BCUT2D eigenvalue weighted by Gasteiger charge is 2.33. The van der Waals surface area contributed by atoms with E-state index in [1.807, 2.05) is 43.3 Å². The molecule has 180 valence electrons. The highest BCUT2D eigenvalue weighted by Crippen LogP contribution is 2.41. The number of thioether (sulfide) groups is 1. The van der Waals surface area contributed by atoms with Crippen molar-refractivity contribution in [1.29, 1.82) is 0 Å². The first-order valence-electron chi connectivity index (χ1n) is 10.3. The average Bonchev–Trinajstić information content (AvgIpc) is 3.09. The summed E-state index contributed by atoms with van der Waals surface area (Å²) in [6.45, 7) is 2.71. The number of anilines is 1. The van der Waals surface area contributed by atoms with Gasteiger partial charge in [-0.25, -0.2) is 0 Å². The van der Waals surface area contributed by atoms with Gasteiger partial charge < -0.3 is 9.47 Å². The summed E-state index contributed by atoms with van der Waals surface area (Å²) in [5.74, 6) is 0.934. The molecule has 3 aromatic carbocycles. The number of carbonyl (C=O) groups is 1. The van der Waals surface area contributed by atoms with Gasteiger partial charge in [0.05, 0.1) is 26.7 Å². The van der Waals surface area contributed by atoms with Gasteiger partial charge in [-0.3, -0.25) is 9.69 Å². The minimum absolute atomic E-state index is 0.212. The van der Waals surface area contributed by atoms with Gasteiger partial charge in [0.1, 0.15) is 6.61 Å². The normalized spacial score (nSPS) is 14.7. The van der Waals surface area contributed by atoms with Crippen LogP contribution in [-0.4, -0.2) is 16.8 Å². The van der Waals surface area contributed by atoms with Crippen molar-refractivity contribution in [2.75, 3.05) is 11.5 Å². The summed E-state index contributed by atoms with van der Waals surface area (Å²) in [6.07, 6.45) is 1.79. The van der Waals surface area contributed by atoms with Gasteiger partial charge in [0.2, 0.25) is 0 Å². The molecule has 0 radical (unpaired) electrons. The molecule has 0 bridgehead atoms. The van der Waals surface area contributed by atoms with E-state index >= 15 is 0 Å². The number of benzene rings is 3. The van der Waals surface area contributed by atoms with E-state index in [0.717, 1.165) is 15.6 Å². The van der Waals surface area contributed by atoms with Crippen LogP contribution in [0.15, 0.2) is 68.4 Å². The average molecular weight is 674 g/mol. The van der Waals surface area contributed by atoms with Gasteiger partial charge in [0.25, 0.3) is 5.91 Å². The number of hydrogen-bond acceptors (Lipinski definition) is 5. The molecule has 35 heavy (non-hydrogen) atoms. The van der Waals surface area contributed by atoms with Crippen LogP contribution in [0.1, 0.15) is 18.1 Å². The summed E-state index contributed by atoms with van der Waals surface area (Å²) in [4.78, 5) is 15.2. The lowest BCUT2D eigenvalue weighted by Crippen LogP contribution is -2.27. The lowest BCUT2D eigenvalue weighted by atomic mass is 10.1. The van der Waals surface area contributed by atoms with Crippen LogP contribution in [0.5, 0.6) is 11.5 Å². The van der Waals surface area contributed by atoms with Gasteiger partial charge >= 0.3 is 0 Å². The fourth-order valence-corrected chi connectivity index (χ4v) is 5.70. The van der Waals surface area contributed by atoms with E-state index in [0.29, 0.717) is 54.1 Å². The van der Waals surface area contributed by atoms with Crippen LogP contribution in [0.25, 0.3) is 6.08 Å². The summed E-state index contributed by atoms with van der Waals surface area (Å²) in [7, 11) is 0. The Morgan fingerprint density at radius 3 is 2.46 bits per heavy atom. The Bertz CT molecular complexity index is 1330. The third-order valence-electron chi connectivity index (χ3n) is 4.88. The first kappa shape index (κ1) is 26.5. The van der Waals surface area contributed by atoms with Crippen LogP contribution < -0.4 is 14.4 Å². The topological polar surface area (TPSA) is 38.8 Å². The number of carbonyl (C=O) groups excluding carboxylic acids is 1. The molecule has 1 fully saturated rings. The minimum Gasteiger partial charge on any atom is -0.490 e. The number of ether oxygens (including phenoxy) is 2. The first-order valence-corrected chi connectivity index (χ1v) is 13.9. The van der Waals surface area contributed by atoms with Crippen LogP contribution in [0.2, 0.25) is 10.0 Å². The summed E-state index contributed by atoms with van der Waals surface area (Å²) in [6, 6.07) is 16.5. The zero-order valence-corrected chi connectivity index (χ0v) is 24.5. The molecule has 1 saturated heterocycles. The van der Waals surface area contributed by atoms with Crippen molar-refractivity contribution >= 4 is 101 Å². The fraction of sp³-hybridized carbons (Fsp3) is 0.120. The van der Waals surface area contributed by atoms with E-state index in [4.69, 9.17) is 44.9 Å². The third kappa shape index (κ3) is 6.24. The number of nitrogens with zero attached hydrogens (tertiary/aromatic N) is 1. The standard InChI is InChI=1S/C25H17Br2Cl2NO3S2/c1-2-32-21-10-15(9-19(27)23(21)33-13-14-3-5-16(28)6-4-14)11-22-24(31)30(25(34)35-22)17-7-8-18(26)20(29)12-17/h3-12H,2,13H2,1H3/b22-11+. The Hall–Kier alpha value is -1.55. The number of hydrogen-bond donors (Lipinski definition) is 0. The lowest BCUT2D eigenvalue weighted by Gasteiger charge is -2.15. The summed E-state index contributed by atoms with van der Waals surface area (Å²) in [5, 5.41) is 1.17. The minimum atomic E-state index is -0.212. The van der Waals surface area contributed by atoms with Gasteiger partial charge in [-0.15, -0.1) is 0 Å². The second-order valence-corrected chi connectivity index (χ2v) is 11.5. The van der Waals surface area contributed by atoms with E-state index < -0.39 is 0 Å². The maximum atomic E-state index is 13.2. The zero-order chi connectivity index (χ0) is 25.1. The maximum Gasteiger partial charge on any atom is 0.270 e. The lowest BCUT2D eigenvalue weighted by molar-refractivity contribution is -0.113. The molecule has 3 aromatic rings.